The van der Waals surface area contributed by atoms with Gasteiger partial charge in [0.1, 0.15) is 0 Å². The number of sulfonamides is 1. The average molecular weight is 207 g/mol. The molecule has 3 nitrogen and oxygen atoms in total. The van der Waals surface area contributed by atoms with E-state index >= 15 is 0 Å². The van der Waals surface area contributed by atoms with Gasteiger partial charge in [-0.15, -0.1) is 0 Å². The standard InChI is InChI=1S/C9H21NO2S/c1-5-9(3)7-8-10(6-2)13(4,11)12/h9H,5-8H2,1-4H3. The Morgan fingerprint density at radius 2 is 1.85 bits per heavy atom. The molecule has 1 unspecified atom stereocenters. The molecule has 0 aliphatic rings. The third-order valence-corrected chi connectivity index (χ3v) is 3.77. The summed E-state index contributed by atoms with van der Waals surface area (Å²) >= 11 is 0. The zero-order valence-electron chi connectivity index (χ0n) is 9.08. The predicted octanol–water partition coefficient (Wildman–Crippen LogP) is 1.70. The quantitative estimate of drug-likeness (QED) is 0.665. The summed E-state index contributed by atoms with van der Waals surface area (Å²) in [5, 5.41) is 0. The first-order chi connectivity index (χ1) is 5.91. The molecule has 13 heavy (non-hydrogen) atoms. The fourth-order valence-electron chi connectivity index (χ4n) is 1.13. The molecule has 4 heteroatoms. The maximum absolute atomic E-state index is 11.2. The normalized spacial score (nSPS) is 14.8. The molecule has 0 aromatic heterocycles. The first-order valence-electron chi connectivity index (χ1n) is 4.86. The molecule has 0 radical (unpaired) electrons. The molecule has 0 aliphatic heterocycles. The van der Waals surface area contributed by atoms with Crippen molar-refractivity contribution in [3.05, 3.63) is 0 Å². The lowest BCUT2D eigenvalue weighted by Gasteiger charge is -2.19. The molecule has 0 rings (SSSR count). The van der Waals surface area contributed by atoms with Crippen LogP contribution in [0.5, 0.6) is 0 Å². The summed E-state index contributed by atoms with van der Waals surface area (Å²) in [4.78, 5) is 0. The Labute approximate surface area is 82.2 Å². The van der Waals surface area contributed by atoms with Crippen LogP contribution in [0.1, 0.15) is 33.6 Å². The summed E-state index contributed by atoms with van der Waals surface area (Å²) in [5.74, 6) is 0.607. The highest BCUT2D eigenvalue weighted by Gasteiger charge is 2.14. The van der Waals surface area contributed by atoms with Gasteiger partial charge in [-0.25, -0.2) is 12.7 Å². The van der Waals surface area contributed by atoms with E-state index in [1.807, 2.05) is 6.92 Å². The Balaban J connectivity index is 4.01. The minimum atomic E-state index is -2.99. The molecule has 0 fully saturated rings. The Bertz CT molecular complexity index is 224. The first-order valence-corrected chi connectivity index (χ1v) is 6.71. The fraction of sp³-hybridized carbons (Fsp3) is 1.00. The van der Waals surface area contributed by atoms with Crippen LogP contribution in [0, 0.1) is 5.92 Å². The lowest BCUT2D eigenvalue weighted by molar-refractivity contribution is 0.382. The van der Waals surface area contributed by atoms with E-state index in [2.05, 4.69) is 13.8 Å². The van der Waals surface area contributed by atoms with E-state index in [-0.39, 0.29) is 0 Å². The van der Waals surface area contributed by atoms with Gasteiger partial charge in [0.25, 0.3) is 0 Å². The van der Waals surface area contributed by atoms with E-state index in [9.17, 15) is 8.42 Å². The topological polar surface area (TPSA) is 37.4 Å². The van der Waals surface area contributed by atoms with Crippen LogP contribution < -0.4 is 0 Å². The highest BCUT2D eigenvalue weighted by Crippen LogP contribution is 2.09. The molecule has 0 N–H and O–H groups in total. The molecule has 80 valence electrons. The molecule has 0 spiro atoms. The van der Waals surface area contributed by atoms with E-state index < -0.39 is 10.0 Å². The van der Waals surface area contributed by atoms with E-state index in [0.717, 1.165) is 12.8 Å². The Morgan fingerprint density at radius 3 is 2.15 bits per heavy atom. The molecule has 0 amide bonds. The van der Waals surface area contributed by atoms with Crippen LogP contribution in [-0.4, -0.2) is 32.1 Å². The van der Waals surface area contributed by atoms with Gasteiger partial charge in [-0.1, -0.05) is 27.2 Å². The summed E-state index contributed by atoms with van der Waals surface area (Å²) in [7, 11) is -2.99. The third-order valence-electron chi connectivity index (χ3n) is 2.39. The average Bonchev–Trinajstić information content (AvgIpc) is 2.02. The van der Waals surface area contributed by atoms with E-state index in [0.29, 0.717) is 19.0 Å². The van der Waals surface area contributed by atoms with Gasteiger partial charge in [0.05, 0.1) is 6.26 Å². The van der Waals surface area contributed by atoms with Crippen LogP contribution in [0.4, 0.5) is 0 Å². The molecule has 0 aromatic carbocycles. The zero-order valence-corrected chi connectivity index (χ0v) is 9.89. The molecule has 0 saturated carbocycles. The highest BCUT2D eigenvalue weighted by atomic mass is 32.2. The summed E-state index contributed by atoms with van der Waals surface area (Å²) < 4.78 is 23.9. The minimum Gasteiger partial charge on any atom is -0.213 e. The zero-order chi connectivity index (χ0) is 10.5. The Kier molecular flexibility index (Phi) is 5.56. The number of hydrogen-bond acceptors (Lipinski definition) is 2. The second-order valence-electron chi connectivity index (χ2n) is 3.56. The summed E-state index contributed by atoms with van der Waals surface area (Å²) in [6.45, 7) is 7.38. The SMILES string of the molecule is CCC(C)CCN(CC)S(C)(=O)=O. The van der Waals surface area contributed by atoms with Gasteiger partial charge < -0.3 is 0 Å². The fourth-order valence-corrected chi connectivity index (χ4v) is 2.03. The minimum absolute atomic E-state index is 0.579. The third kappa shape index (κ3) is 5.26. The van der Waals surface area contributed by atoms with Crippen molar-refractivity contribution in [2.45, 2.75) is 33.6 Å². The Hall–Kier alpha value is -0.0900. The molecule has 1 atom stereocenters. The van der Waals surface area contributed by atoms with Crippen LogP contribution in [0.3, 0.4) is 0 Å². The lowest BCUT2D eigenvalue weighted by Crippen LogP contribution is -2.31. The molecule has 0 saturated heterocycles. The number of hydrogen-bond donors (Lipinski definition) is 0. The number of nitrogens with zero attached hydrogens (tertiary/aromatic N) is 1. The van der Waals surface area contributed by atoms with Crippen molar-refractivity contribution in [2.75, 3.05) is 19.3 Å². The summed E-state index contributed by atoms with van der Waals surface area (Å²) in [6, 6.07) is 0. The highest BCUT2D eigenvalue weighted by molar-refractivity contribution is 7.88. The summed E-state index contributed by atoms with van der Waals surface area (Å²) in [5.41, 5.74) is 0. The molecule has 0 bridgehead atoms. The van der Waals surface area contributed by atoms with Crippen molar-refractivity contribution in [3.8, 4) is 0 Å². The van der Waals surface area contributed by atoms with Crippen molar-refractivity contribution in [1.29, 1.82) is 0 Å². The predicted molar refractivity (Wildman–Crippen MR) is 56.2 cm³/mol. The van der Waals surface area contributed by atoms with Gasteiger partial charge in [-0.3, -0.25) is 0 Å². The van der Waals surface area contributed by atoms with Gasteiger partial charge in [0.15, 0.2) is 0 Å². The molecule has 0 aromatic rings. The van der Waals surface area contributed by atoms with Crippen LogP contribution in [0.25, 0.3) is 0 Å². The Morgan fingerprint density at radius 1 is 1.31 bits per heavy atom. The molecule has 0 heterocycles. The van der Waals surface area contributed by atoms with Crippen LogP contribution in [0.2, 0.25) is 0 Å². The monoisotopic (exact) mass is 207 g/mol. The van der Waals surface area contributed by atoms with Crippen LogP contribution in [0.15, 0.2) is 0 Å². The lowest BCUT2D eigenvalue weighted by atomic mass is 10.1. The molecule has 0 aliphatic carbocycles. The maximum Gasteiger partial charge on any atom is 0.211 e. The first kappa shape index (κ1) is 12.9. The van der Waals surface area contributed by atoms with E-state index in [4.69, 9.17) is 0 Å². The van der Waals surface area contributed by atoms with Crippen LogP contribution >= 0.6 is 0 Å². The second-order valence-corrected chi connectivity index (χ2v) is 5.54. The van der Waals surface area contributed by atoms with Gasteiger partial charge in [-0.2, -0.15) is 0 Å². The van der Waals surface area contributed by atoms with Crippen molar-refractivity contribution in [2.24, 2.45) is 5.92 Å². The second kappa shape index (κ2) is 5.60. The van der Waals surface area contributed by atoms with Crippen LogP contribution in [-0.2, 0) is 10.0 Å². The summed E-state index contributed by atoms with van der Waals surface area (Å²) in [6.07, 6.45) is 3.34. The molecular formula is C9H21NO2S. The van der Waals surface area contributed by atoms with Crippen molar-refractivity contribution in [3.63, 3.8) is 0 Å². The van der Waals surface area contributed by atoms with E-state index in [1.54, 1.807) is 0 Å². The largest absolute Gasteiger partial charge is 0.213 e. The van der Waals surface area contributed by atoms with Crippen molar-refractivity contribution in [1.82, 2.24) is 4.31 Å². The van der Waals surface area contributed by atoms with Gasteiger partial charge in [-0.05, 0) is 12.3 Å². The molecular weight excluding hydrogens is 186 g/mol. The smallest absolute Gasteiger partial charge is 0.211 e. The number of rotatable bonds is 6. The maximum atomic E-state index is 11.2. The van der Waals surface area contributed by atoms with Crippen molar-refractivity contribution >= 4 is 10.0 Å². The van der Waals surface area contributed by atoms with E-state index in [1.165, 1.54) is 10.6 Å². The van der Waals surface area contributed by atoms with Gasteiger partial charge in [0, 0.05) is 13.1 Å². The van der Waals surface area contributed by atoms with Gasteiger partial charge >= 0.3 is 0 Å². The van der Waals surface area contributed by atoms with Gasteiger partial charge in [0.2, 0.25) is 10.0 Å². The van der Waals surface area contributed by atoms with Crippen molar-refractivity contribution < 1.29 is 8.42 Å².